The Hall–Kier alpha value is -2.54. The van der Waals surface area contributed by atoms with E-state index in [0.29, 0.717) is 11.4 Å². The zero-order chi connectivity index (χ0) is 19.3. The van der Waals surface area contributed by atoms with Crippen LogP contribution < -0.4 is 5.32 Å². The fourth-order valence-corrected chi connectivity index (χ4v) is 5.72. The Morgan fingerprint density at radius 2 is 2.14 bits per heavy atom. The van der Waals surface area contributed by atoms with Crippen LogP contribution in [0.1, 0.15) is 41.8 Å². The van der Waals surface area contributed by atoms with Gasteiger partial charge in [0.05, 0.1) is 5.92 Å². The van der Waals surface area contributed by atoms with Crippen LogP contribution in [0.25, 0.3) is 11.0 Å². The number of allylic oxidation sites excluding steroid dienone is 1. The van der Waals surface area contributed by atoms with Crippen molar-refractivity contribution in [1.29, 1.82) is 0 Å². The number of nitrogens with zero attached hydrogens (tertiary/aromatic N) is 1. The highest BCUT2D eigenvalue weighted by molar-refractivity contribution is 8.04. The number of ether oxygens (including phenoxy) is 1. The van der Waals surface area contributed by atoms with Gasteiger partial charge < -0.3 is 14.5 Å². The summed E-state index contributed by atoms with van der Waals surface area (Å²) in [6.07, 6.45) is 4.35. The van der Waals surface area contributed by atoms with E-state index in [1.165, 1.54) is 16.9 Å². The lowest BCUT2D eigenvalue weighted by atomic mass is 9.88. The molecule has 144 valence electrons. The van der Waals surface area contributed by atoms with Gasteiger partial charge in [-0.15, -0.1) is 11.8 Å². The van der Waals surface area contributed by atoms with Gasteiger partial charge in [0.1, 0.15) is 23.4 Å². The van der Waals surface area contributed by atoms with Crippen molar-refractivity contribution in [1.82, 2.24) is 5.32 Å². The van der Waals surface area contributed by atoms with E-state index in [1.54, 1.807) is 11.8 Å². The molecule has 1 aromatic heterocycles. The highest BCUT2D eigenvalue weighted by Gasteiger charge is 2.43. The molecule has 1 amide bonds. The Balaban J connectivity index is 1.30. The summed E-state index contributed by atoms with van der Waals surface area (Å²) in [4.78, 5) is 31.1. The van der Waals surface area contributed by atoms with Crippen LogP contribution in [-0.2, 0) is 9.53 Å². The van der Waals surface area contributed by atoms with Crippen LogP contribution in [0.3, 0.4) is 0 Å². The minimum absolute atomic E-state index is 0.0367. The number of hydrogen-bond donors (Lipinski definition) is 1. The third-order valence-corrected chi connectivity index (χ3v) is 6.95. The standard InChI is InChI=1S/C21H20N2O4S/c1-11-12-6-2-4-8-14(12)27-18(11)21(25)26-10-16-22-19(24)17-13-7-3-5-9-15(13)28-20(17)23-16/h2,4,6,8,17,20H,3,5,7,9-10H2,1H3,(H,22,23,24)/t17-,20+/m1/s1. The summed E-state index contributed by atoms with van der Waals surface area (Å²) in [7, 11) is 0. The molecule has 2 aliphatic heterocycles. The van der Waals surface area contributed by atoms with Crippen LogP contribution in [0.15, 0.2) is 44.2 Å². The van der Waals surface area contributed by atoms with Gasteiger partial charge in [-0.05, 0) is 49.2 Å². The molecule has 2 aromatic rings. The maximum atomic E-state index is 12.6. The quantitative estimate of drug-likeness (QED) is 0.795. The van der Waals surface area contributed by atoms with E-state index >= 15 is 0 Å². The topological polar surface area (TPSA) is 80.9 Å². The van der Waals surface area contributed by atoms with Crippen LogP contribution in [0.2, 0.25) is 0 Å². The van der Waals surface area contributed by atoms with E-state index in [1.807, 2.05) is 31.2 Å². The van der Waals surface area contributed by atoms with Gasteiger partial charge in [0.15, 0.2) is 0 Å². The smallest absolute Gasteiger partial charge is 0.375 e. The van der Waals surface area contributed by atoms with Crippen LogP contribution in [0, 0.1) is 12.8 Å². The fraction of sp³-hybridized carbons (Fsp3) is 0.381. The maximum Gasteiger partial charge on any atom is 0.375 e. The molecule has 7 heteroatoms. The van der Waals surface area contributed by atoms with E-state index < -0.39 is 5.97 Å². The number of aliphatic imine (C=N–C) groups is 1. The van der Waals surface area contributed by atoms with Gasteiger partial charge in [-0.3, -0.25) is 9.79 Å². The highest BCUT2D eigenvalue weighted by Crippen LogP contribution is 2.50. The van der Waals surface area contributed by atoms with E-state index in [4.69, 9.17) is 9.15 Å². The van der Waals surface area contributed by atoms with Crippen molar-refractivity contribution in [3.8, 4) is 0 Å². The number of aryl methyl sites for hydroxylation is 1. The van der Waals surface area contributed by atoms with Crippen molar-refractivity contribution in [2.24, 2.45) is 10.9 Å². The molecule has 5 rings (SSSR count). The first-order valence-corrected chi connectivity index (χ1v) is 10.4. The molecule has 0 fully saturated rings. The Morgan fingerprint density at radius 3 is 3.00 bits per heavy atom. The largest absolute Gasteiger partial charge is 0.452 e. The van der Waals surface area contributed by atoms with Crippen molar-refractivity contribution in [3.05, 3.63) is 46.1 Å². The van der Waals surface area contributed by atoms with Crippen molar-refractivity contribution >= 4 is 40.4 Å². The average molecular weight is 396 g/mol. The van der Waals surface area contributed by atoms with Gasteiger partial charge in [0.2, 0.25) is 11.7 Å². The number of rotatable bonds is 3. The second-order valence-electron chi connectivity index (χ2n) is 7.34. The molecule has 1 aliphatic carbocycles. The number of carbonyl (C=O) groups excluding carboxylic acids is 2. The number of hydrogen-bond acceptors (Lipinski definition) is 6. The average Bonchev–Trinajstić information content (AvgIpc) is 3.24. The summed E-state index contributed by atoms with van der Waals surface area (Å²) in [5.74, 6) is -0.165. The zero-order valence-corrected chi connectivity index (χ0v) is 16.3. The minimum Gasteiger partial charge on any atom is -0.452 e. The van der Waals surface area contributed by atoms with Crippen molar-refractivity contribution in [2.75, 3.05) is 6.61 Å². The number of furan rings is 1. The van der Waals surface area contributed by atoms with Crippen LogP contribution >= 0.6 is 11.8 Å². The number of amides is 1. The molecule has 0 spiro atoms. The Morgan fingerprint density at radius 1 is 1.32 bits per heavy atom. The molecule has 0 unspecified atom stereocenters. The summed E-state index contributed by atoms with van der Waals surface area (Å²) in [5.41, 5.74) is 2.66. The number of thioether (sulfide) groups is 1. The van der Waals surface area contributed by atoms with Gasteiger partial charge >= 0.3 is 5.97 Å². The number of amidine groups is 1. The molecule has 1 aromatic carbocycles. The second-order valence-corrected chi connectivity index (χ2v) is 8.55. The highest BCUT2D eigenvalue weighted by atomic mass is 32.2. The lowest BCUT2D eigenvalue weighted by Gasteiger charge is -2.25. The molecular formula is C21H20N2O4S. The summed E-state index contributed by atoms with van der Waals surface area (Å²) >= 11 is 1.69. The fourth-order valence-electron chi connectivity index (χ4n) is 4.19. The SMILES string of the molecule is Cc1c(C(=O)OCC2=N[C@H]3SC4=C(CCCC4)[C@@H]3C(=O)N2)oc2ccccc12. The molecule has 0 saturated heterocycles. The Bertz CT molecular complexity index is 1050. The van der Waals surface area contributed by atoms with Crippen LogP contribution in [-0.4, -0.2) is 29.7 Å². The third-order valence-electron chi connectivity index (χ3n) is 5.58. The van der Waals surface area contributed by atoms with Crippen molar-refractivity contribution in [2.45, 2.75) is 38.0 Å². The predicted octanol–water partition coefficient (Wildman–Crippen LogP) is 3.94. The summed E-state index contributed by atoms with van der Waals surface area (Å²) in [6, 6.07) is 7.48. The monoisotopic (exact) mass is 396 g/mol. The first-order valence-electron chi connectivity index (χ1n) is 9.53. The molecule has 0 saturated carbocycles. The predicted molar refractivity (Wildman–Crippen MR) is 107 cm³/mol. The van der Waals surface area contributed by atoms with E-state index in [2.05, 4.69) is 10.3 Å². The van der Waals surface area contributed by atoms with E-state index in [9.17, 15) is 9.59 Å². The molecular weight excluding hydrogens is 376 g/mol. The Kier molecular flexibility index (Phi) is 4.27. The van der Waals surface area contributed by atoms with Crippen LogP contribution in [0.4, 0.5) is 0 Å². The van der Waals surface area contributed by atoms with Crippen molar-refractivity contribution in [3.63, 3.8) is 0 Å². The minimum atomic E-state index is -0.552. The number of carbonyl (C=O) groups is 2. The first-order chi connectivity index (χ1) is 13.6. The van der Waals surface area contributed by atoms with Gasteiger partial charge in [-0.1, -0.05) is 18.2 Å². The van der Waals surface area contributed by atoms with Gasteiger partial charge in [0.25, 0.3) is 0 Å². The van der Waals surface area contributed by atoms with E-state index in [-0.39, 0.29) is 29.6 Å². The zero-order valence-electron chi connectivity index (χ0n) is 15.5. The molecule has 1 N–H and O–H groups in total. The maximum absolute atomic E-state index is 12.6. The molecule has 28 heavy (non-hydrogen) atoms. The van der Waals surface area contributed by atoms with Gasteiger partial charge in [-0.2, -0.15) is 0 Å². The van der Waals surface area contributed by atoms with E-state index in [0.717, 1.165) is 30.2 Å². The van der Waals surface area contributed by atoms with Crippen molar-refractivity contribution < 1.29 is 18.7 Å². The number of benzene rings is 1. The normalized spacial score (nSPS) is 23.9. The summed E-state index contributed by atoms with van der Waals surface area (Å²) in [6.45, 7) is 1.76. The molecule has 3 aliphatic rings. The van der Waals surface area contributed by atoms with Gasteiger partial charge in [0, 0.05) is 10.9 Å². The first kappa shape index (κ1) is 17.6. The molecule has 2 atom stereocenters. The van der Waals surface area contributed by atoms with Gasteiger partial charge in [-0.25, -0.2) is 4.79 Å². The lowest BCUT2D eigenvalue weighted by molar-refractivity contribution is -0.122. The third kappa shape index (κ3) is 2.85. The Labute approximate surface area is 166 Å². The number of fused-ring (bicyclic) bond motifs is 3. The number of nitrogens with one attached hydrogen (secondary N) is 1. The summed E-state index contributed by atoms with van der Waals surface area (Å²) in [5, 5.41) is 3.59. The molecule has 0 radical (unpaired) electrons. The summed E-state index contributed by atoms with van der Waals surface area (Å²) < 4.78 is 11.0. The molecule has 0 bridgehead atoms. The molecule has 3 heterocycles. The number of para-hydroxylation sites is 1. The molecule has 6 nitrogen and oxygen atoms in total. The lowest BCUT2D eigenvalue weighted by Crippen LogP contribution is -2.46. The van der Waals surface area contributed by atoms with Crippen LogP contribution in [0.5, 0.6) is 0 Å². The number of esters is 1. The second kappa shape index (κ2) is 6.81.